The Morgan fingerprint density at radius 2 is 2.00 bits per heavy atom. The van der Waals surface area contributed by atoms with E-state index in [2.05, 4.69) is 19.9 Å². The van der Waals surface area contributed by atoms with Crippen molar-refractivity contribution >= 4 is 11.9 Å². The average Bonchev–Trinajstić information content (AvgIpc) is 3.49. The van der Waals surface area contributed by atoms with Crippen LogP contribution in [-0.4, -0.2) is 46.6 Å². The lowest BCUT2D eigenvalue weighted by Crippen LogP contribution is -2.57. The minimum atomic E-state index is -1.18. The highest BCUT2D eigenvalue weighted by Crippen LogP contribution is 2.60. The Morgan fingerprint density at radius 3 is 2.64 bits per heavy atom. The number of ether oxygens (including phenoxy) is 2. The Hall–Kier alpha value is -2.44. The van der Waals surface area contributed by atoms with Crippen LogP contribution >= 0.6 is 0 Å². The molecule has 2 N–H and O–H groups in total. The van der Waals surface area contributed by atoms with E-state index >= 15 is 0 Å². The molecule has 0 spiro atoms. The van der Waals surface area contributed by atoms with Gasteiger partial charge in [0.25, 0.3) is 0 Å². The van der Waals surface area contributed by atoms with Gasteiger partial charge < -0.3 is 19.7 Å². The van der Waals surface area contributed by atoms with E-state index in [1.54, 1.807) is 12.2 Å². The van der Waals surface area contributed by atoms with E-state index in [1.807, 2.05) is 32.1 Å². The third-order valence-corrected chi connectivity index (χ3v) is 7.76. The predicted octanol–water partition coefficient (Wildman–Crippen LogP) is 4.38. The van der Waals surface area contributed by atoms with E-state index < -0.39 is 17.2 Å². The Balaban J connectivity index is 1.97. The third kappa shape index (κ3) is 4.64. The fraction of sp³-hybridized carbons (Fsp3) is 0.556. The van der Waals surface area contributed by atoms with Gasteiger partial charge in [-0.05, 0) is 50.0 Å². The largest absolute Gasteiger partial charge is 0.478 e. The van der Waals surface area contributed by atoms with Gasteiger partial charge in [-0.2, -0.15) is 0 Å². The summed E-state index contributed by atoms with van der Waals surface area (Å²) < 4.78 is 11.2. The molecule has 3 rings (SSSR count). The van der Waals surface area contributed by atoms with Gasteiger partial charge in [-0.15, -0.1) is 0 Å². The summed E-state index contributed by atoms with van der Waals surface area (Å²) in [6, 6.07) is 0. The van der Waals surface area contributed by atoms with Crippen molar-refractivity contribution < 1.29 is 29.3 Å². The monoisotopic (exact) mass is 456 g/mol. The maximum atomic E-state index is 12.3. The zero-order valence-electron chi connectivity index (χ0n) is 20.2. The van der Waals surface area contributed by atoms with Crippen molar-refractivity contribution in [3.05, 3.63) is 59.8 Å². The van der Waals surface area contributed by atoms with Crippen molar-refractivity contribution in [3.63, 3.8) is 0 Å². The summed E-state index contributed by atoms with van der Waals surface area (Å²) in [5.74, 6) is -0.985. The first kappa shape index (κ1) is 25.2. The first-order valence-electron chi connectivity index (χ1n) is 11.7. The fourth-order valence-electron chi connectivity index (χ4n) is 5.72. The molecule has 6 heteroatoms. The number of aliphatic carboxylic acids is 1. The quantitative estimate of drug-likeness (QED) is 0.185. The smallest absolute Gasteiger partial charge is 0.333 e. The van der Waals surface area contributed by atoms with E-state index in [0.29, 0.717) is 24.3 Å². The van der Waals surface area contributed by atoms with E-state index in [1.165, 1.54) is 13.2 Å². The van der Waals surface area contributed by atoms with Gasteiger partial charge >= 0.3 is 11.9 Å². The Morgan fingerprint density at radius 1 is 1.30 bits per heavy atom. The van der Waals surface area contributed by atoms with Crippen molar-refractivity contribution in [2.24, 2.45) is 23.7 Å². The minimum absolute atomic E-state index is 0.0258. The predicted molar refractivity (Wildman–Crippen MR) is 126 cm³/mol. The molecule has 2 aliphatic carbocycles. The summed E-state index contributed by atoms with van der Waals surface area (Å²) in [6.45, 7) is 8.24. The molecule has 1 saturated heterocycles. The highest BCUT2D eigenvalue weighted by molar-refractivity contribution is 5.88. The molecule has 1 aliphatic heterocycles. The molecule has 0 unspecified atom stereocenters. The van der Waals surface area contributed by atoms with Crippen molar-refractivity contribution in [2.45, 2.75) is 64.3 Å². The normalized spacial score (nSPS) is 37.0. The maximum absolute atomic E-state index is 12.3. The fourth-order valence-corrected chi connectivity index (χ4v) is 5.72. The molecule has 180 valence electrons. The zero-order chi connectivity index (χ0) is 24.4. The molecule has 0 aromatic rings. The van der Waals surface area contributed by atoms with Gasteiger partial charge in [0.2, 0.25) is 0 Å². The number of methoxy groups -OCH3 is 1. The molecule has 33 heavy (non-hydrogen) atoms. The van der Waals surface area contributed by atoms with Gasteiger partial charge in [-0.3, -0.25) is 0 Å². The maximum Gasteiger partial charge on any atom is 0.333 e. The SMILES string of the molecule is CC[C@@H](C)[C@@H]1O[C@@]1(C)[C@]1(O)C(C)=C[C@@H]2CC(C(=O)OC)=CC[C@H]2[C@@H]1/C=C/C=C/C=C/C(=O)O. The molecule has 1 fully saturated rings. The second-order valence-electron chi connectivity index (χ2n) is 9.63. The second kappa shape index (κ2) is 9.82. The number of epoxide rings is 1. The van der Waals surface area contributed by atoms with Crippen LogP contribution in [0.5, 0.6) is 0 Å². The lowest BCUT2D eigenvalue weighted by atomic mass is 9.56. The molecule has 7 atom stereocenters. The summed E-state index contributed by atoms with van der Waals surface area (Å²) in [4.78, 5) is 22.8. The van der Waals surface area contributed by atoms with Crippen LogP contribution in [-0.2, 0) is 19.1 Å². The number of rotatable bonds is 8. The number of hydrogen-bond donors (Lipinski definition) is 2. The van der Waals surface area contributed by atoms with E-state index in [4.69, 9.17) is 14.6 Å². The number of carbonyl (C=O) groups excluding carboxylic acids is 1. The molecular weight excluding hydrogens is 420 g/mol. The summed E-state index contributed by atoms with van der Waals surface area (Å²) in [5.41, 5.74) is -0.323. The number of esters is 1. The molecule has 0 aromatic heterocycles. The number of carboxylic acid groups (broad SMARTS) is 1. The number of allylic oxidation sites excluding steroid dienone is 6. The zero-order valence-corrected chi connectivity index (χ0v) is 20.2. The lowest BCUT2D eigenvalue weighted by molar-refractivity contribution is -0.136. The second-order valence-corrected chi connectivity index (χ2v) is 9.63. The van der Waals surface area contributed by atoms with Crippen molar-refractivity contribution in [1.82, 2.24) is 0 Å². The minimum Gasteiger partial charge on any atom is -0.478 e. The number of hydrogen-bond acceptors (Lipinski definition) is 5. The highest BCUT2D eigenvalue weighted by Gasteiger charge is 2.70. The van der Waals surface area contributed by atoms with Crippen LogP contribution in [0.15, 0.2) is 59.8 Å². The lowest BCUT2D eigenvalue weighted by Gasteiger charge is -2.50. The van der Waals surface area contributed by atoms with Gasteiger partial charge in [0.1, 0.15) is 11.2 Å². The van der Waals surface area contributed by atoms with Crippen LogP contribution in [0.25, 0.3) is 0 Å². The Bertz CT molecular complexity index is 925. The molecular formula is C27H36O6. The number of carbonyl (C=O) groups is 2. The van der Waals surface area contributed by atoms with Crippen LogP contribution in [0, 0.1) is 23.7 Å². The summed E-state index contributed by atoms with van der Waals surface area (Å²) in [5, 5.41) is 21.0. The van der Waals surface area contributed by atoms with Gasteiger partial charge in [0, 0.05) is 17.6 Å². The number of aliphatic hydroxyl groups is 1. The molecule has 1 heterocycles. The van der Waals surface area contributed by atoms with Crippen molar-refractivity contribution in [2.75, 3.05) is 7.11 Å². The van der Waals surface area contributed by atoms with Crippen molar-refractivity contribution in [3.8, 4) is 0 Å². The van der Waals surface area contributed by atoms with E-state index in [9.17, 15) is 14.7 Å². The van der Waals surface area contributed by atoms with Crippen LogP contribution in [0.4, 0.5) is 0 Å². The van der Waals surface area contributed by atoms with Crippen LogP contribution in [0.3, 0.4) is 0 Å². The third-order valence-electron chi connectivity index (χ3n) is 7.76. The molecule has 3 aliphatic rings. The Kier molecular flexibility index (Phi) is 7.49. The molecule has 6 nitrogen and oxygen atoms in total. The molecule has 0 amide bonds. The first-order valence-corrected chi connectivity index (χ1v) is 11.7. The van der Waals surface area contributed by atoms with Crippen LogP contribution in [0.2, 0.25) is 0 Å². The van der Waals surface area contributed by atoms with Gasteiger partial charge in [-0.1, -0.05) is 62.8 Å². The highest BCUT2D eigenvalue weighted by atomic mass is 16.6. The van der Waals surface area contributed by atoms with Gasteiger partial charge in [0.15, 0.2) is 0 Å². The molecule has 0 aromatic carbocycles. The van der Waals surface area contributed by atoms with E-state index in [0.717, 1.165) is 18.1 Å². The summed E-state index contributed by atoms with van der Waals surface area (Å²) >= 11 is 0. The molecule has 0 saturated carbocycles. The van der Waals surface area contributed by atoms with E-state index in [-0.39, 0.29) is 29.8 Å². The number of fused-ring (bicyclic) bond motifs is 1. The summed E-state index contributed by atoms with van der Waals surface area (Å²) in [6.07, 6.45) is 16.1. The first-order chi connectivity index (χ1) is 15.6. The topological polar surface area (TPSA) is 96.4 Å². The molecule has 0 radical (unpaired) electrons. The van der Waals surface area contributed by atoms with Crippen LogP contribution in [0.1, 0.15) is 47.0 Å². The average molecular weight is 457 g/mol. The number of carboxylic acids is 1. The standard InChI is InChI=1S/C27H36O6/c1-6-17(2)24-26(4,33-24)27(31)18(3)15-20-16-19(25(30)32-5)13-14-21(20)22(27)11-9-7-8-10-12-23(28)29/h7-13,15,17,20-22,24,31H,6,14,16H2,1-5H3,(H,28,29)/b8-7+,11-9+,12-10+/t17-,20-,21-,22+,24+,26-,27+/m1/s1. The summed E-state index contributed by atoms with van der Waals surface area (Å²) in [7, 11) is 1.40. The Labute approximate surface area is 196 Å². The van der Waals surface area contributed by atoms with Crippen LogP contribution < -0.4 is 0 Å². The molecule has 0 bridgehead atoms. The van der Waals surface area contributed by atoms with Gasteiger partial charge in [0.05, 0.1) is 13.2 Å². The van der Waals surface area contributed by atoms with Crippen molar-refractivity contribution in [1.29, 1.82) is 0 Å². The van der Waals surface area contributed by atoms with Gasteiger partial charge in [-0.25, -0.2) is 9.59 Å².